The summed E-state index contributed by atoms with van der Waals surface area (Å²) in [5.74, 6) is 0.564. The van der Waals surface area contributed by atoms with Gasteiger partial charge in [0.05, 0.1) is 10.5 Å². The number of nitrogens with zero attached hydrogens (tertiary/aromatic N) is 1. The van der Waals surface area contributed by atoms with Gasteiger partial charge in [-0.1, -0.05) is 28.9 Å². The van der Waals surface area contributed by atoms with Gasteiger partial charge < -0.3 is 9.47 Å². The number of hydrogen-bond acceptors (Lipinski definition) is 4. The Morgan fingerprint density at radius 2 is 2.25 bits per heavy atom. The Kier molecular flexibility index (Phi) is 4.99. The summed E-state index contributed by atoms with van der Waals surface area (Å²) in [6, 6.07) is 4.90. The number of rotatable bonds is 6. The van der Waals surface area contributed by atoms with Crippen LogP contribution in [0.4, 0.5) is 5.69 Å². The van der Waals surface area contributed by atoms with Crippen molar-refractivity contribution in [1.29, 1.82) is 0 Å². The molecule has 0 bridgehead atoms. The number of nitro groups is 1. The lowest BCUT2D eigenvalue weighted by atomic mass is 9.91. The van der Waals surface area contributed by atoms with Crippen LogP contribution in [-0.2, 0) is 4.74 Å². The molecule has 0 spiro atoms. The molecule has 1 saturated carbocycles. The normalized spacial score (nSPS) is 25.1. The van der Waals surface area contributed by atoms with E-state index in [1.165, 1.54) is 6.07 Å². The van der Waals surface area contributed by atoms with E-state index in [0.717, 1.165) is 12.8 Å². The first-order valence-electron chi connectivity index (χ1n) is 6.71. The second-order valence-electron chi connectivity index (χ2n) is 4.90. The zero-order valence-corrected chi connectivity index (χ0v) is 13.1. The fraction of sp³-hybridized carbons (Fsp3) is 0.571. The van der Waals surface area contributed by atoms with E-state index in [0.29, 0.717) is 17.9 Å². The van der Waals surface area contributed by atoms with E-state index in [9.17, 15) is 10.1 Å². The highest BCUT2D eigenvalue weighted by Gasteiger charge is 2.42. The molecule has 6 heteroatoms. The average Bonchev–Trinajstić information content (AvgIpc) is 2.40. The summed E-state index contributed by atoms with van der Waals surface area (Å²) in [5, 5.41) is 10.9. The molecule has 5 nitrogen and oxygen atoms in total. The van der Waals surface area contributed by atoms with Crippen molar-refractivity contribution >= 4 is 21.6 Å². The summed E-state index contributed by atoms with van der Waals surface area (Å²) in [4.78, 5) is 10.8. The molecule has 3 atom stereocenters. The maximum absolute atomic E-state index is 10.9. The number of halogens is 1. The van der Waals surface area contributed by atoms with Crippen LogP contribution < -0.4 is 4.74 Å². The maximum Gasteiger partial charge on any atom is 0.276 e. The third kappa shape index (κ3) is 3.12. The van der Waals surface area contributed by atoms with Gasteiger partial charge in [-0.25, -0.2) is 0 Å². The minimum atomic E-state index is -0.388. The van der Waals surface area contributed by atoms with Crippen molar-refractivity contribution in [2.75, 3.05) is 6.61 Å². The zero-order chi connectivity index (χ0) is 14.7. The molecule has 1 aliphatic carbocycles. The highest BCUT2D eigenvalue weighted by atomic mass is 79.9. The van der Waals surface area contributed by atoms with E-state index in [-0.39, 0.29) is 27.6 Å². The number of alkyl halides is 1. The van der Waals surface area contributed by atoms with E-state index in [4.69, 9.17) is 9.47 Å². The van der Waals surface area contributed by atoms with Crippen molar-refractivity contribution < 1.29 is 14.4 Å². The monoisotopic (exact) mass is 343 g/mol. The molecular formula is C14H18BrNO4. The van der Waals surface area contributed by atoms with Crippen LogP contribution in [0.3, 0.4) is 0 Å². The Morgan fingerprint density at radius 3 is 2.85 bits per heavy atom. The highest BCUT2D eigenvalue weighted by Crippen LogP contribution is 2.36. The topological polar surface area (TPSA) is 61.6 Å². The van der Waals surface area contributed by atoms with Crippen molar-refractivity contribution in [3.8, 4) is 5.75 Å². The van der Waals surface area contributed by atoms with Gasteiger partial charge in [0.15, 0.2) is 0 Å². The molecule has 3 unspecified atom stereocenters. The Hall–Kier alpha value is -1.14. The van der Waals surface area contributed by atoms with Gasteiger partial charge in [-0.2, -0.15) is 0 Å². The first-order chi connectivity index (χ1) is 9.54. The van der Waals surface area contributed by atoms with Gasteiger partial charge >= 0.3 is 0 Å². The fourth-order valence-electron chi connectivity index (χ4n) is 2.20. The van der Waals surface area contributed by atoms with Crippen molar-refractivity contribution in [2.45, 2.75) is 43.7 Å². The molecular weight excluding hydrogens is 326 g/mol. The molecule has 0 aromatic heterocycles. The van der Waals surface area contributed by atoms with Crippen LogP contribution in [0.2, 0.25) is 0 Å². The number of nitro benzene ring substituents is 1. The number of hydrogen-bond donors (Lipinski definition) is 0. The zero-order valence-electron chi connectivity index (χ0n) is 11.5. The van der Waals surface area contributed by atoms with Gasteiger partial charge in [-0.3, -0.25) is 10.1 Å². The van der Waals surface area contributed by atoms with E-state index in [2.05, 4.69) is 22.9 Å². The Bertz CT molecular complexity index is 494. The van der Waals surface area contributed by atoms with Gasteiger partial charge in [0.2, 0.25) is 0 Å². The van der Waals surface area contributed by atoms with Crippen molar-refractivity contribution in [2.24, 2.45) is 0 Å². The molecule has 20 heavy (non-hydrogen) atoms. The molecule has 0 radical (unpaired) electrons. The Labute approximate surface area is 126 Å². The van der Waals surface area contributed by atoms with Crippen LogP contribution in [0.15, 0.2) is 18.2 Å². The third-order valence-electron chi connectivity index (χ3n) is 3.43. The average molecular weight is 344 g/mol. The van der Waals surface area contributed by atoms with Gasteiger partial charge in [0.1, 0.15) is 18.0 Å². The van der Waals surface area contributed by atoms with Gasteiger partial charge in [0.25, 0.3) is 5.69 Å². The Morgan fingerprint density at radius 1 is 1.50 bits per heavy atom. The largest absolute Gasteiger partial charge is 0.487 e. The molecule has 1 fully saturated rings. The molecule has 0 N–H and O–H groups in total. The Balaban J connectivity index is 2.07. The molecule has 1 aromatic carbocycles. The van der Waals surface area contributed by atoms with Gasteiger partial charge in [-0.15, -0.1) is 0 Å². The smallest absolute Gasteiger partial charge is 0.276 e. The summed E-state index contributed by atoms with van der Waals surface area (Å²) in [7, 11) is 0. The van der Waals surface area contributed by atoms with Crippen LogP contribution in [0, 0.1) is 17.0 Å². The summed E-state index contributed by atoms with van der Waals surface area (Å²) >= 11 is 3.55. The molecule has 110 valence electrons. The highest BCUT2D eigenvalue weighted by molar-refractivity contribution is 9.09. The molecule has 1 aliphatic rings. The van der Waals surface area contributed by atoms with Gasteiger partial charge in [-0.05, 0) is 19.4 Å². The van der Waals surface area contributed by atoms with Crippen molar-refractivity contribution in [3.63, 3.8) is 0 Å². The first-order valence-corrected chi connectivity index (χ1v) is 7.62. The van der Waals surface area contributed by atoms with Gasteiger partial charge in [0, 0.05) is 23.9 Å². The second kappa shape index (κ2) is 6.54. The lowest BCUT2D eigenvalue weighted by molar-refractivity contribution is -0.385. The molecule has 1 aromatic rings. The minimum absolute atomic E-state index is 0.00797. The van der Waals surface area contributed by atoms with Crippen LogP contribution in [0.5, 0.6) is 5.75 Å². The van der Waals surface area contributed by atoms with Crippen LogP contribution in [-0.4, -0.2) is 28.6 Å². The lowest BCUT2D eigenvalue weighted by Gasteiger charge is -2.41. The molecule has 2 rings (SSSR count). The van der Waals surface area contributed by atoms with E-state index in [1.54, 1.807) is 19.1 Å². The standard InChI is InChI=1S/C14H18BrNO4/c1-3-7-19-14-10(15)8-13(14)20-12-6-4-5-11(9(12)2)16(17)18/h4-6,10,13-14H,3,7-8H2,1-2H3. The van der Waals surface area contributed by atoms with Crippen LogP contribution in [0.25, 0.3) is 0 Å². The maximum atomic E-state index is 10.9. The van der Waals surface area contributed by atoms with Crippen molar-refractivity contribution in [1.82, 2.24) is 0 Å². The van der Waals surface area contributed by atoms with Crippen LogP contribution >= 0.6 is 15.9 Å². The summed E-state index contributed by atoms with van der Waals surface area (Å²) < 4.78 is 11.6. The lowest BCUT2D eigenvalue weighted by Crippen LogP contribution is -2.52. The molecule has 0 saturated heterocycles. The van der Waals surface area contributed by atoms with E-state index < -0.39 is 0 Å². The summed E-state index contributed by atoms with van der Waals surface area (Å²) in [6.45, 7) is 4.46. The quantitative estimate of drug-likeness (QED) is 0.449. The first kappa shape index (κ1) is 15.3. The van der Waals surface area contributed by atoms with E-state index in [1.807, 2.05) is 0 Å². The van der Waals surface area contributed by atoms with E-state index >= 15 is 0 Å². The number of benzene rings is 1. The fourth-order valence-corrected chi connectivity index (χ4v) is 3.06. The minimum Gasteiger partial charge on any atom is -0.487 e. The predicted octanol–water partition coefficient (Wildman–Crippen LogP) is 3.61. The number of ether oxygens (including phenoxy) is 2. The molecule has 0 heterocycles. The third-order valence-corrected chi connectivity index (χ3v) is 4.32. The van der Waals surface area contributed by atoms with Crippen molar-refractivity contribution in [3.05, 3.63) is 33.9 Å². The second-order valence-corrected chi connectivity index (χ2v) is 6.08. The summed E-state index contributed by atoms with van der Waals surface area (Å²) in [6.07, 6.45) is 1.76. The summed E-state index contributed by atoms with van der Waals surface area (Å²) in [5.41, 5.74) is 0.646. The van der Waals surface area contributed by atoms with Crippen LogP contribution in [0.1, 0.15) is 25.3 Å². The molecule has 0 aliphatic heterocycles. The molecule has 0 amide bonds. The SMILES string of the molecule is CCCOC1C(Br)CC1Oc1cccc([N+](=O)[O-])c1C. The predicted molar refractivity (Wildman–Crippen MR) is 79.6 cm³/mol.